The van der Waals surface area contributed by atoms with Gasteiger partial charge in [-0.05, 0) is 12.1 Å². The lowest BCUT2D eigenvalue weighted by atomic mass is 10.3. The van der Waals surface area contributed by atoms with Crippen molar-refractivity contribution in [3.05, 3.63) is 42.7 Å². The van der Waals surface area contributed by atoms with Crippen molar-refractivity contribution < 1.29 is 0 Å². The Bertz CT molecular complexity index is 859. The first-order valence-corrected chi connectivity index (χ1v) is 6.72. The zero-order chi connectivity index (χ0) is 14.1. The first-order valence-electron chi connectivity index (χ1n) is 6.72. The molecule has 21 heavy (non-hydrogen) atoms. The maximum atomic E-state index is 4.55. The second kappa shape index (κ2) is 4.86. The molecule has 0 aliphatic rings. The quantitative estimate of drug-likeness (QED) is 0.530. The first kappa shape index (κ1) is 11.8. The van der Waals surface area contributed by atoms with E-state index in [1.807, 2.05) is 24.3 Å². The van der Waals surface area contributed by atoms with Gasteiger partial charge in [0, 0.05) is 13.0 Å². The lowest BCUT2D eigenvalue weighted by Crippen LogP contribution is -2.08. The summed E-state index contributed by atoms with van der Waals surface area (Å²) in [5, 5.41) is 3.28. The average molecular weight is 279 g/mol. The van der Waals surface area contributed by atoms with Gasteiger partial charge in [0.25, 0.3) is 0 Å². The van der Waals surface area contributed by atoms with Gasteiger partial charge in [-0.2, -0.15) is 0 Å². The third kappa shape index (κ3) is 2.18. The molecule has 4 rings (SSSR count). The zero-order valence-electron chi connectivity index (χ0n) is 11.2. The van der Waals surface area contributed by atoms with Crippen molar-refractivity contribution in [2.45, 2.75) is 6.42 Å². The molecule has 7 heteroatoms. The Balaban J connectivity index is 1.48. The molecule has 0 aliphatic carbocycles. The summed E-state index contributed by atoms with van der Waals surface area (Å²) in [7, 11) is 0. The van der Waals surface area contributed by atoms with Crippen LogP contribution in [0.2, 0.25) is 0 Å². The molecule has 1 aromatic carbocycles. The van der Waals surface area contributed by atoms with Crippen molar-refractivity contribution in [3.8, 4) is 0 Å². The molecule has 0 unspecified atom stereocenters. The van der Waals surface area contributed by atoms with Crippen molar-refractivity contribution in [2.75, 3.05) is 11.9 Å². The minimum absolute atomic E-state index is 0.663. The number of anilines is 1. The lowest BCUT2D eigenvalue weighted by Gasteiger charge is -2.04. The SMILES string of the molecule is c1ccc2[nH]c(CCNc3ncnc4nc[nH]c34)nc2c1. The summed E-state index contributed by atoms with van der Waals surface area (Å²) in [6.07, 6.45) is 3.91. The fraction of sp³-hybridized carbons (Fsp3) is 0.143. The highest BCUT2D eigenvalue weighted by Crippen LogP contribution is 2.14. The number of hydrogen-bond acceptors (Lipinski definition) is 5. The fourth-order valence-corrected chi connectivity index (χ4v) is 2.32. The van der Waals surface area contributed by atoms with Crippen LogP contribution in [0.1, 0.15) is 5.82 Å². The Hall–Kier alpha value is -2.96. The third-order valence-corrected chi connectivity index (χ3v) is 3.32. The van der Waals surface area contributed by atoms with E-state index in [-0.39, 0.29) is 0 Å². The van der Waals surface area contributed by atoms with Crippen LogP contribution < -0.4 is 5.32 Å². The van der Waals surface area contributed by atoms with Crippen LogP contribution in [-0.2, 0) is 6.42 Å². The topological polar surface area (TPSA) is 95.2 Å². The summed E-state index contributed by atoms with van der Waals surface area (Å²) < 4.78 is 0. The number of aromatic amines is 2. The second-order valence-corrected chi connectivity index (χ2v) is 4.70. The molecule has 0 aliphatic heterocycles. The molecule has 7 nitrogen and oxygen atoms in total. The van der Waals surface area contributed by atoms with Gasteiger partial charge in [0.05, 0.1) is 17.4 Å². The Morgan fingerprint density at radius 3 is 3.00 bits per heavy atom. The number of nitrogens with one attached hydrogen (secondary N) is 3. The van der Waals surface area contributed by atoms with E-state index in [1.165, 1.54) is 6.33 Å². The van der Waals surface area contributed by atoms with Gasteiger partial charge >= 0.3 is 0 Å². The van der Waals surface area contributed by atoms with Crippen LogP contribution in [0.5, 0.6) is 0 Å². The molecule has 104 valence electrons. The monoisotopic (exact) mass is 279 g/mol. The molecule has 3 aromatic heterocycles. The molecule has 3 N–H and O–H groups in total. The Morgan fingerprint density at radius 2 is 2.05 bits per heavy atom. The van der Waals surface area contributed by atoms with E-state index in [0.29, 0.717) is 5.65 Å². The zero-order valence-corrected chi connectivity index (χ0v) is 11.2. The van der Waals surface area contributed by atoms with Gasteiger partial charge in [0.1, 0.15) is 17.7 Å². The van der Waals surface area contributed by atoms with Gasteiger partial charge in [-0.3, -0.25) is 0 Å². The van der Waals surface area contributed by atoms with Gasteiger partial charge in [0.15, 0.2) is 11.5 Å². The third-order valence-electron chi connectivity index (χ3n) is 3.32. The van der Waals surface area contributed by atoms with Gasteiger partial charge in [-0.15, -0.1) is 0 Å². The number of imidazole rings is 2. The minimum Gasteiger partial charge on any atom is -0.368 e. The summed E-state index contributed by atoms with van der Waals surface area (Å²) in [6, 6.07) is 8.01. The number of nitrogens with zero attached hydrogens (tertiary/aromatic N) is 4. The van der Waals surface area contributed by atoms with Crippen LogP contribution in [-0.4, -0.2) is 36.4 Å². The minimum atomic E-state index is 0.663. The van der Waals surface area contributed by atoms with Crippen LogP contribution in [0.25, 0.3) is 22.2 Å². The highest BCUT2D eigenvalue weighted by molar-refractivity contribution is 5.81. The Labute approximate surface area is 119 Å². The number of aromatic nitrogens is 6. The molecule has 0 fully saturated rings. The van der Waals surface area contributed by atoms with Crippen molar-refractivity contribution in [1.82, 2.24) is 29.9 Å². The highest BCUT2D eigenvalue weighted by Gasteiger charge is 2.06. The number of H-pyrrole nitrogens is 2. The van der Waals surface area contributed by atoms with E-state index in [4.69, 9.17) is 0 Å². The second-order valence-electron chi connectivity index (χ2n) is 4.70. The number of hydrogen-bond donors (Lipinski definition) is 3. The van der Waals surface area contributed by atoms with E-state index in [2.05, 4.69) is 35.2 Å². The summed E-state index contributed by atoms with van der Waals surface area (Å²) >= 11 is 0. The van der Waals surface area contributed by atoms with E-state index in [0.717, 1.165) is 41.2 Å². The maximum absolute atomic E-state index is 4.55. The lowest BCUT2D eigenvalue weighted by molar-refractivity contribution is 0.928. The summed E-state index contributed by atoms with van der Waals surface area (Å²) in [4.78, 5) is 23.3. The first-order chi connectivity index (χ1) is 10.4. The fourth-order valence-electron chi connectivity index (χ4n) is 2.32. The van der Waals surface area contributed by atoms with Crippen molar-refractivity contribution >= 4 is 28.0 Å². The predicted octanol–water partition coefficient (Wildman–Crippen LogP) is 1.88. The average Bonchev–Trinajstić information content (AvgIpc) is 3.13. The van der Waals surface area contributed by atoms with Gasteiger partial charge in [-0.1, -0.05) is 12.1 Å². The van der Waals surface area contributed by atoms with Crippen LogP contribution in [0.15, 0.2) is 36.9 Å². The number of para-hydroxylation sites is 2. The molecule has 0 saturated carbocycles. The molecule has 0 amide bonds. The van der Waals surface area contributed by atoms with Crippen LogP contribution in [0.3, 0.4) is 0 Å². The molecule has 0 radical (unpaired) electrons. The van der Waals surface area contributed by atoms with E-state index < -0.39 is 0 Å². The van der Waals surface area contributed by atoms with Crippen molar-refractivity contribution in [3.63, 3.8) is 0 Å². The Morgan fingerprint density at radius 1 is 1.10 bits per heavy atom. The number of rotatable bonds is 4. The van der Waals surface area contributed by atoms with Gasteiger partial charge in [0.2, 0.25) is 0 Å². The summed E-state index contributed by atoms with van der Waals surface area (Å²) in [6.45, 7) is 0.727. The van der Waals surface area contributed by atoms with E-state index in [9.17, 15) is 0 Å². The highest BCUT2D eigenvalue weighted by atomic mass is 15.1. The van der Waals surface area contributed by atoms with E-state index >= 15 is 0 Å². The molecule has 4 aromatic rings. The van der Waals surface area contributed by atoms with Gasteiger partial charge in [-0.25, -0.2) is 19.9 Å². The maximum Gasteiger partial charge on any atom is 0.182 e. The van der Waals surface area contributed by atoms with Crippen molar-refractivity contribution in [2.24, 2.45) is 0 Å². The predicted molar refractivity (Wildman–Crippen MR) is 80.0 cm³/mol. The molecule has 0 atom stereocenters. The standard InChI is InChI=1S/C14H13N7/c1-2-4-10-9(3-1)20-11(21-10)5-6-15-13-12-14(17-7-16-12)19-8-18-13/h1-4,7-8H,5-6H2,(H,20,21)(H2,15,16,17,18,19). The summed E-state index contributed by atoms with van der Waals surface area (Å²) in [5.41, 5.74) is 3.54. The van der Waals surface area contributed by atoms with Gasteiger partial charge < -0.3 is 15.3 Å². The Kier molecular flexibility index (Phi) is 2.74. The smallest absolute Gasteiger partial charge is 0.182 e. The molecule has 3 heterocycles. The molecule has 0 spiro atoms. The summed E-state index contributed by atoms with van der Waals surface area (Å²) in [5.74, 6) is 1.72. The molecular formula is C14H13N7. The van der Waals surface area contributed by atoms with E-state index in [1.54, 1.807) is 6.33 Å². The number of fused-ring (bicyclic) bond motifs is 2. The van der Waals surface area contributed by atoms with Crippen LogP contribution in [0, 0.1) is 0 Å². The normalized spacial score (nSPS) is 11.2. The molecule has 0 saturated heterocycles. The largest absolute Gasteiger partial charge is 0.368 e. The van der Waals surface area contributed by atoms with Crippen molar-refractivity contribution in [1.29, 1.82) is 0 Å². The molecule has 0 bridgehead atoms. The number of benzene rings is 1. The van der Waals surface area contributed by atoms with Crippen LogP contribution in [0.4, 0.5) is 5.82 Å². The van der Waals surface area contributed by atoms with Crippen LogP contribution >= 0.6 is 0 Å². The molecular weight excluding hydrogens is 266 g/mol.